The topological polar surface area (TPSA) is 46.3 Å². The minimum atomic E-state index is -0.264. The molecule has 0 aliphatic carbocycles. The molecule has 3 nitrogen and oxygen atoms in total. The molecule has 0 aromatic heterocycles. The molecule has 1 fully saturated rings. The largest absolute Gasteiger partial charge is 0.351 e. The number of amides is 2. The van der Waals surface area contributed by atoms with Gasteiger partial charge in [0, 0.05) is 12.6 Å². The summed E-state index contributed by atoms with van der Waals surface area (Å²) < 4.78 is 0. The van der Waals surface area contributed by atoms with Gasteiger partial charge in [0.2, 0.25) is 0 Å². The summed E-state index contributed by atoms with van der Waals surface area (Å²) >= 11 is 0. The first-order chi connectivity index (χ1) is 8.72. The molecule has 1 saturated heterocycles. The summed E-state index contributed by atoms with van der Waals surface area (Å²) in [6.45, 7) is 2.95. The number of hydrogen-bond donors (Lipinski definition) is 1. The van der Waals surface area contributed by atoms with Gasteiger partial charge in [-0.3, -0.25) is 0 Å². The fourth-order valence-electron chi connectivity index (χ4n) is 2.98. The molecule has 2 rings (SSSR count). The SMILES string of the molecule is CCCC1CC(c2ccccc2)CCN1C(N)=O. The van der Waals surface area contributed by atoms with Crippen molar-refractivity contribution in [2.45, 2.75) is 44.6 Å². The maximum absolute atomic E-state index is 11.4. The van der Waals surface area contributed by atoms with Gasteiger partial charge in [-0.05, 0) is 30.7 Å². The lowest BCUT2D eigenvalue weighted by Gasteiger charge is -2.38. The van der Waals surface area contributed by atoms with Crippen molar-refractivity contribution in [2.75, 3.05) is 6.54 Å². The Morgan fingerprint density at radius 3 is 2.72 bits per heavy atom. The van der Waals surface area contributed by atoms with E-state index in [1.54, 1.807) is 0 Å². The molecule has 0 bridgehead atoms. The fourth-order valence-corrected chi connectivity index (χ4v) is 2.98. The zero-order valence-corrected chi connectivity index (χ0v) is 11.0. The third-order valence-electron chi connectivity index (χ3n) is 3.89. The third kappa shape index (κ3) is 2.84. The number of carbonyl (C=O) groups is 1. The Bertz CT molecular complexity index is 391. The lowest BCUT2D eigenvalue weighted by molar-refractivity contribution is 0.145. The summed E-state index contributed by atoms with van der Waals surface area (Å²) in [5.74, 6) is 0.568. The maximum atomic E-state index is 11.4. The Morgan fingerprint density at radius 1 is 1.39 bits per heavy atom. The number of carbonyl (C=O) groups excluding carboxylic acids is 1. The molecule has 1 aromatic carbocycles. The summed E-state index contributed by atoms with van der Waals surface area (Å²) in [6.07, 6.45) is 4.20. The number of urea groups is 1. The summed E-state index contributed by atoms with van der Waals surface area (Å²) in [6, 6.07) is 10.6. The molecule has 2 amide bonds. The Hall–Kier alpha value is -1.51. The van der Waals surface area contributed by atoms with E-state index < -0.39 is 0 Å². The Morgan fingerprint density at radius 2 is 2.11 bits per heavy atom. The number of nitrogens with two attached hydrogens (primary N) is 1. The summed E-state index contributed by atoms with van der Waals surface area (Å²) in [7, 11) is 0. The van der Waals surface area contributed by atoms with Crippen LogP contribution in [0.15, 0.2) is 30.3 Å². The highest BCUT2D eigenvalue weighted by Gasteiger charge is 2.30. The van der Waals surface area contributed by atoms with Crippen LogP contribution in [0.1, 0.15) is 44.1 Å². The number of nitrogens with zero attached hydrogens (tertiary/aromatic N) is 1. The van der Waals surface area contributed by atoms with Crippen LogP contribution in [0.25, 0.3) is 0 Å². The van der Waals surface area contributed by atoms with E-state index in [0.717, 1.165) is 32.2 Å². The van der Waals surface area contributed by atoms with Crippen molar-refractivity contribution in [3.8, 4) is 0 Å². The molecule has 0 radical (unpaired) electrons. The van der Waals surface area contributed by atoms with Gasteiger partial charge in [-0.25, -0.2) is 4.79 Å². The zero-order chi connectivity index (χ0) is 13.0. The normalized spacial score (nSPS) is 23.9. The standard InChI is InChI=1S/C15H22N2O/c1-2-6-14-11-13(9-10-17(14)15(16)18)12-7-4-3-5-8-12/h3-5,7-8,13-14H,2,6,9-11H2,1H3,(H2,16,18). The lowest BCUT2D eigenvalue weighted by Crippen LogP contribution is -2.48. The van der Waals surface area contributed by atoms with E-state index in [-0.39, 0.29) is 6.03 Å². The maximum Gasteiger partial charge on any atom is 0.315 e. The molecule has 2 atom stereocenters. The van der Waals surface area contributed by atoms with Crippen molar-refractivity contribution in [3.05, 3.63) is 35.9 Å². The second-order valence-electron chi connectivity index (χ2n) is 5.11. The number of benzene rings is 1. The van der Waals surface area contributed by atoms with E-state index in [9.17, 15) is 4.79 Å². The van der Waals surface area contributed by atoms with Gasteiger partial charge in [-0.2, -0.15) is 0 Å². The summed E-state index contributed by atoms with van der Waals surface area (Å²) in [5, 5.41) is 0. The highest BCUT2D eigenvalue weighted by atomic mass is 16.2. The highest BCUT2D eigenvalue weighted by molar-refractivity contribution is 5.72. The quantitative estimate of drug-likeness (QED) is 0.875. The number of hydrogen-bond acceptors (Lipinski definition) is 1. The van der Waals surface area contributed by atoms with Gasteiger partial charge in [-0.15, -0.1) is 0 Å². The number of piperidine rings is 1. The second-order valence-corrected chi connectivity index (χ2v) is 5.11. The molecule has 1 aromatic rings. The summed E-state index contributed by atoms with van der Waals surface area (Å²) in [4.78, 5) is 13.3. The van der Waals surface area contributed by atoms with Crippen LogP contribution in [0.3, 0.4) is 0 Å². The van der Waals surface area contributed by atoms with Crippen molar-refractivity contribution in [1.82, 2.24) is 4.90 Å². The molecule has 3 heteroatoms. The van der Waals surface area contributed by atoms with Crippen LogP contribution in [0, 0.1) is 0 Å². The van der Waals surface area contributed by atoms with Gasteiger partial charge in [-0.1, -0.05) is 43.7 Å². The Kier molecular flexibility index (Phi) is 4.24. The molecule has 0 saturated carbocycles. The van der Waals surface area contributed by atoms with E-state index in [4.69, 9.17) is 5.73 Å². The van der Waals surface area contributed by atoms with Crippen molar-refractivity contribution in [3.63, 3.8) is 0 Å². The molecule has 2 N–H and O–H groups in total. The van der Waals surface area contributed by atoms with E-state index in [1.807, 2.05) is 11.0 Å². The van der Waals surface area contributed by atoms with Gasteiger partial charge < -0.3 is 10.6 Å². The van der Waals surface area contributed by atoms with Crippen LogP contribution in [-0.2, 0) is 0 Å². The first-order valence-electron chi connectivity index (χ1n) is 6.83. The molecule has 1 heterocycles. The number of primary amides is 1. The van der Waals surface area contributed by atoms with Crippen LogP contribution in [-0.4, -0.2) is 23.5 Å². The molecule has 1 aliphatic rings. The average Bonchev–Trinajstić information content (AvgIpc) is 2.40. The average molecular weight is 246 g/mol. The van der Waals surface area contributed by atoms with E-state index in [2.05, 4.69) is 31.2 Å². The molecule has 1 aliphatic heterocycles. The minimum absolute atomic E-state index is 0.264. The summed E-state index contributed by atoms with van der Waals surface area (Å²) in [5.41, 5.74) is 6.85. The fraction of sp³-hybridized carbons (Fsp3) is 0.533. The lowest BCUT2D eigenvalue weighted by atomic mass is 9.84. The van der Waals surface area contributed by atoms with E-state index >= 15 is 0 Å². The monoisotopic (exact) mass is 246 g/mol. The Labute approximate surface area is 109 Å². The first kappa shape index (κ1) is 12.9. The van der Waals surface area contributed by atoms with E-state index in [0.29, 0.717) is 12.0 Å². The second kappa shape index (κ2) is 5.89. The number of rotatable bonds is 3. The van der Waals surface area contributed by atoms with Gasteiger partial charge in [0.1, 0.15) is 0 Å². The molecule has 0 spiro atoms. The molecule has 2 unspecified atom stereocenters. The van der Waals surface area contributed by atoms with Crippen LogP contribution in [0.4, 0.5) is 4.79 Å². The molecular formula is C15H22N2O. The molecule has 98 valence electrons. The van der Waals surface area contributed by atoms with Crippen LogP contribution in [0.5, 0.6) is 0 Å². The third-order valence-corrected chi connectivity index (χ3v) is 3.89. The minimum Gasteiger partial charge on any atom is -0.351 e. The molecular weight excluding hydrogens is 224 g/mol. The highest BCUT2D eigenvalue weighted by Crippen LogP contribution is 2.32. The van der Waals surface area contributed by atoms with E-state index in [1.165, 1.54) is 5.56 Å². The van der Waals surface area contributed by atoms with Crippen molar-refractivity contribution in [1.29, 1.82) is 0 Å². The predicted molar refractivity (Wildman–Crippen MR) is 73.4 cm³/mol. The van der Waals surface area contributed by atoms with Crippen LogP contribution >= 0.6 is 0 Å². The smallest absolute Gasteiger partial charge is 0.315 e. The van der Waals surface area contributed by atoms with Gasteiger partial charge in [0.05, 0.1) is 0 Å². The zero-order valence-electron chi connectivity index (χ0n) is 11.0. The first-order valence-corrected chi connectivity index (χ1v) is 6.83. The van der Waals surface area contributed by atoms with Gasteiger partial charge in [0.25, 0.3) is 0 Å². The van der Waals surface area contributed by atoms with Gasteiger partial charge in [0.15, 0.2) is 0 Å². The van der Waals surface area contributed by atoms with Crippen molar-refractivity contribution in [2.24, 2.45) is 5.73 Å². The van der Waals surface area contributed by atoms with Crippen LogP contribution in [0.2, 0.25) is 0 Å². The van der Waals surface area contributed by atoms with Crippen molar-refractivity contribution < 1.29 is 4.79 Å². The van der Waals surface area contributed by atoms with Gasteiger partial charge >= 0.3 is 6.03 Å². The molecule has 18 heavy (non-hydrogen) atoms. The predicted octanol–water partition coefficient (Wildman–Crippen LogP) is 3.11. The van der Waals surface area contributed by atoms with Crippen molar-refractivity contribution >= 4 is 6.03 Å². The Balaban J connectivity index is 2.08. The number of likely N-dealkylation sites (tertiary alicyclic amines) is 1. The van der Waals surface area contributed by atoms with Crippen LogP contribution < -0.4 is 5.73 Å².